The monoisotopic (exact) mass is 255 g/mol. The van der Waals surface area contributed by atoms with Gasteiger partial charge in [-0.05, 0) is 43.7 Å². The van der Waals surface area contributed by atoms with Gasteiger partial charge in [-0.25, -0.2) is 0 Å². The number of hydrogen-bond acceptors (Lipinski definition) is 2. The molecule has 1 saturated carbocycles. The van der Waals surface area contributed by atoms with E-state index in [9.17, 15) is 5.11 Å². The highest BCUT2D eigenvalue weighted by atomic mass is 16.3. The Hall–Kier alpha value is -1.41. The molecular weight excluding hydrogens is 234 g/mol. The number of aliphatic hydroxyl groups is 1. The molecule has 0 amide bonds. The average Bonchev–Trinajstić information content (AvgIpc) is 2.47. The highest BCUT2D eigenvalue weighted by Gasteiger charge is 2.34. The molecule has 0 bridgehead atoms. The van der Waals surface area contributed by atoms with Crippen LogP contribution in [0.5, 0.6) is 0 Å². The number of aromatic nitrogens is 1. The number of pyridine rings is 1. The number of benzene rings is 1. The van der Waals surface area contributed by atoms with E-state index in [2.05, 4.69) is 24.0 Å². The van der Waals surface area contributed by atoms with Gasteiger partial charge < -0.3 is 5.11 Å². The summed E-state index contributed by atoms with van der Waals surface area (Å²) >= 11 is 0. The van der Waals surface area contributed by atoms with Crippen LogP contribution < -0.4 is 0 Å². The molecule has 2 nitrogen and oxygen atoms in total. The first-order valence-electron chi connectivity index (χ1n) is 7.29. The maximum atomic E-state index is 10.9. The van der Waals surface area contributed by atoms with Crippen LogP contribution in [0.15, 0.2) is 36.5 Å². The molecule has 1 aromatic carbocycles. The van der Waals surface area contributed by atoms with Crippen molar-refractivity contribution in [3.63, 3.8) is 0 Å². The largest absolute Gasteiger partial charge is 0.385 e. The van der Waals surface area contributed by atoms with Gasteiger partial charge in [-0.2, -0.15) is 0 Å². The number of rotatable bonds is 2. The third kappa shape index (κ3) is 2.37. The van der Waals surface area contributed by atoms with Crippen molar-refractivity contribution in [2.45, 2.75) is 44.6 Å². The van der Waals surface area contributed by atoms with E-state index in [4.69, 9.17) is 0 Å². The quantitative estimate of drug-likeness (QED) is 0.879. The molecule has 1 aliphatic carbocycles. The van der Waals surface area contributed by atoms with Crippen LogP contribution in [0.1, 0.15) is 44.6 Å². The van der Waals surface area contributed by atoms with Gasteiger partial charge in [0.15, 0.2) is 0 Å². The summed E-state index contributed by atoms with van der Waals surface area (Å²) < 4.78 is 0. The zero-order chi connectivity index (χ0) is 13.3. The molecule has 0 unspecified atom stereocenters. The summed E-state index contributed by atoms with van der Waals surface area (Å²) in [7, 11) is 0. The van der Waals surface area contributed by atoms with Crippen molar-refractivity contribution >= 4 is 10.9 Å². The maximum absolute atomic E-state index is 10.9. The predicted molar refractivity (Wildman–Crippen MR) is 77.9 cm³/mol. The van der Waals surface area contributed by atoms with Crippen molar-refractivity contribution in [3.8, 4) is 0 Å². The molecule has 1 heterocycles. The van der Waals surface area contributed by atoms with Gasteiger partial charge in [-0.1, -0.05) is 31.5 Å². The van der Waals surface area contributed by atoms with Crippen LogP contribution in [0.25, 0.3) is 10.9 Å². The van der Waals surface area contributed by atoms with E-state index < -0.39 is 5.60 Å². The Bertz CT molecular complexity index is 570. The van der Waals surface area contributed by atoms with Crippen molar-refractivity contribution in [1.82, 2.24) is 4.98 Å². The minimum atomic E-state index is -0.664. The summed E-state index contributed by atoms with van der Waals surface area (Å²) in [5, 5.41) is 12.0. The van der Waals surface area contributed by atoms with Crippen molar-refractivity contribution in [2.75, 3.05) is 0 Å². The summed E-state index contributed by atoms with van der Waals surface area (Å²) in [5.41, 5.74) is 1.32. The molecule has 100 valence electrons. The first kappa shape index (κ1) is 12.6. The van der Waals surface area contributed by atoms with E-state index >= 15 is 0 Å². The van der Waals surface area contributed by atoms with Crippen LogP contribution in [-0.4, -0.2) is 10.1 Å². The van der Waals surface area contributed by atoms with Crippen molar-refractivity contribution < 1.29 is 5.11 Å². The Kier molecular flexibility index (Phi) is 3.28. The van der Waals surface area contributed by atoms with Gasteiger partial charge in [0.25, 0.3) is 0 Å². The average molecular weight is 255 g/mol. The molecule has 3 rings (SSSR count). The van der Waals surface area contributed by atoms with Crippen LogP contribution in [0.2, 0.25) is 0 Å². The molecule has 2 heteroatoms. The smallest absolute Gasteiger partial charge is 0.0911 e. The van der Waals surface area contributed by atoms with E-state index in [1.807, 2.05) is 24.4 Å². The molecule has 0 aliphatic heterocycles. The third-order valence-corrected chi connectivity index (χ3v) is 4.64. The predicted octanol–water partition coefficient (Wildman–Crippen LogP) is 4.02. The highest BCUT2D eigenvalue weighted by Crippen LogP contribution is 2.40. The molecule has 2 aromatic rings. The molecule has 1 N–H and O–H groups in total. The highest BCUT2D eigenvalue weighted by molar-refractivity contribution is 5.78. The van der Waals surface area contributed by atoms with Gasteiger partial charge in [-0.15, -0.1) is 0 Å². The lowest BCUT2D eigenvalue weighted by atomic mass is 9.75. The fourth-order valence-electron chi connectivity index (χ4n) is 3.18. The SMILES string of the molecule is CCC1CCC(O)(c2cnc3ccccc3c2)CC1. The van der Waals surface area contributed by atoms with Crippen LogP contribution in [-0.2, 0) is 5.60 Å². The first-order chi connectivity index (χ1) is 9.21. The second kappa shape index (κ2) is 4.93. The van der Waals surface area contributed by atoms with Gasteiger partial charge in [-0.3, -0.25) is 4.98 Å². The van der Waals surface area contributed by atoms with Crippen LogP contribution >= 0.6 is 0 Å². The second-order valence-corrected chi connectivity index (χ2v) is 5.80. The van der Waals surface area contributed by atoms with Crippen molar-refractivity contribution in [3.05, 3.63) is 42.1 Å². The second-order valence-electron chi connectivity index (χ2n) is 5.80. The number of hydrogen-bond donors (Lipinski definition) is 1. The van der Waals surface area contributed by atoms with E-state index in [1.54, 1.807) is 0 Å². The molecule has 0 radical (unpaired) electrons. The van der Waals surface area contributed by atoms with E-state index in [1.165, 1.54) is 6.42 Å². The summed E-state index contributed by atoms with van der Waals surface area (Å²) in [6, 6.07) is 10.2. The van der Waals surface area contributed by atoms with Crippen LogP contribution in [0.4, 0.5) is 0 Å². The lowest BCUT2D eigenvalue weighted by Gasteiger charge is -2.36. The normalized spacial score (nSPS) is 27.6. The summed E-state index contributed by atoms with van der Waals surface area (Å²) in [6.45, 7) is 2.24. The van der Waals surface area contributed by atoms with Crippen LogP contribution in [0, 0.1) is 5.92 Å². The lowest BCUT2D eigenvalue weighted by molar-refractivity contribution is -0.0147. The van der Waals surface area contributed by atoms with Gasteiger partial charge in [0, 0.05) is 17.1 Å². The van der Waals surface area contributed by atoms with Gasteiger partial charge >= 0.3 is 0 Å². The van der Waals surface area contributed by atoms with E-state index in [-0.39, 0.29) is 0 Å². The molecule has 19 heavy (non-hydrogen) atoms. The van der Waals surface area contributed by atoms with Crippen molar-refractivity contribution in [1.29, 1.82) is 0 Å². The molecule has 0 atom stereocenters. The summed E-state index contributed by atoms with van der Waals surface area (Å²) in [6.07, 6.45) is 7.07. The zero-order valence-corrected chi connectivity index (χ0v) is 11.5. The third-order valence-electron chi connectivity index (χ3n) is 4.64. The number of fused-ring (bicyclic) bond motifs is 1. The minimum Gasteiger partial charge on any atom is -0.385 e. The number of para-hydroxylation sites is 1. The Morgan fingerprint density at radius 3 is 2.74 bits per heavy atom. The Balaban J connectivity index is 1.91. The fraction of sp³-hybridized carbons (Fsp3) is 0.471. The zero-order valence-electron chi connectivity index (χ0n) is 11.5. The van der Waals surface area contributed by atoms with E-state index in [0.29, 0.717) is 0 Å². The molecule has 0 spiro atoms. The van der Waals surface area contributed by atoms with Crippen LogP contribution in [0.3, 0.4) is 0 Å². The molecular formula is C17H21NO. The van der Waals surface area contributed by atoms with E-state index in [0.717, 1.165) is 48.1 Å². The maximum Gasteiger partial charge on any atom is 0.0911 e. The van der Waals surface area contributed by atoms with Gasteiger partial charge in [0.1, 0.15) is 0 Å². The standard InChI is InChI=1S/C17H21NO/c1-2-13-7-9-17(19,10-8-13)15-11-14-5-3-4-6-16(14)18-12-15/h3-6,11-13,19H,2,7-10H2,1H3. The van der Waals surface area contributed by atoms with Crippen molar-refractivity contribution in [2.24, 2.45) is 5.92 Å². The topological polar surface area (TPSA) is 33.1 Å². The Morgan fingerprint density at radius 2 is 2.00 bits per heavy atom. The van der Waals surface area contributed by atoms with Gasteiger partial charge in [0.05, 0.1) is 11.1 Å². The Morgan fingerprint density at radius 1 is 1.26 bits per heavy atom. The Labute approximate surface area is 114 Å². The number of nitrogens with zero attached hydrogens (tertiary/aromatic N) is 1. The molecule has 1 aliphatic rings. The molecule has 1 fully saturated rings. The molecule has 1 aromatic heterocycles. The summed E-state index contributed by atoms with van der Waals surface area (Å²) in [4.78, 5) is 4.48. The lowest BCUT2D eigenvalue weighted by Crippen LogP contribution is -2.31. The summed E-state index contributed by atoms with van der Waals surface area (Å²) in [5.74, 6) is 0.786. The van der Waals surface area contributed by atoms with Gasteiger partial charge in [0.2, 0.25) is 0 Å². The minimum absolute atomic E-state index is 0.664. The fourth-order valence-corrected chi connectivity index (χ4v) is 3.18. The molecule has 0 saturated heterocycles. The first-order valence-corrected chi connectivity index (χ1v) is 7.29.